The molecule has 9 nitrogen and oxygen atoms in total. The second-order valence-corrected chi connectivity index (χ2v) is 10.8. The molecule has 0 spiro atoms. The van der Waals surface area contributed by atoms with E-state index in [4.69, 9.17) is 4.74 Å². The number of alkyl carbamates (subject to hydrolysis) is 1. The number of ether oxygens (including phenoxy) is 1. The summed E-state index contributed by atoms with van der Waals surface area (Å²) in [7, 11) is 0. The van der Waals surface area contributed by atoms with Crippen molar-refractivity contribution in [3.05, 3.63) is 59.2 Å². The third-order valence-corrected chi connectivity index (χ3v) is 6.19. The number of carbonyl (C=O) groups is 3. The molecule has 0 bridgehead atoms. The average Bonchev–Trinajstić information content (AvgIpc) is 2.89. The van der Waals surface area contributed by atoms with Crippen LogP contribution in [-0.2, 0) is 17.7 Å². The van der Waals surface area contributed by atoms with E-state index in [1.165, 1.54) is 11.0 Å². The average molecular weight is 542 g/mol. The standard InChI is InChI=1S/C30H43N3O6/c1-7-16-32(17-15-23-12-10-14-25(34)26(23)35)29(38)33(20-21(3)8-2)27(36)24-13-9-11-22(18-24)19-31-28(37)39-30(4,5)6/h9-14,18,21,34-35H,7-8,15-17,19-20H2,1-6H3,(H,31,37). The molecule has 1 unspecified atom stereocenters. The maximum Gasteiger partial charge on any atom is 0.407 e. The van der Waals surface area contributed by atoms with E-state index < -0.39 is 23.6 Å². The van der Waals surface area contributed by atoms with Gasteiger partial charge in [0.2, 0.25) is 0 Å². The lowest BCUT2D eigenvalue weighted by Gasteiger charge is -2.31. The minimum Gasteiger partial charge on any atom is -0.504 e. The van der Waals surface area contributed by atoms with Gasteiger partial charge in [0.05, 0.1) is 0 Å². The number of hydrogen-bond acceptors (Lipinski definition) is 6. The van der Waals surface area contributed by atoms with E-state index in [1.807, 2.05) is 20.8 Å². The lowest BCUT2D eigenvalue weighted by molar-refractivity contribution is 0.0523. The summed E-state index contributed by atoms with van der Waals surface area (Å²) in [6.45, 7) is 12.4. The van der Waals surface area contributed by atoms with E-state index in [9.17, 15) is 24.6 Å². The minimum atomic E-state index is -0.622. The van der Waals surface area contributed by atoms with Crippen molar-refractivity contribution >= 4 is 18.0 Å². The molecule has 0 fully saturated rings. The third-order valence-electron chi connectivity index (χ3n) is 6.19. The molecule has 0 saturated heterocycles. The molecule has 0 aliphatic rings. The van der Waals surface area contributed by atoms with Crippen molar-refractivity contribution < 1.29 is 29.3 Å². The summed E-state index contributed by atoms with van der Waals surface area (Å²) in [4.78, 5) is 42.4. The summed E-state index contributed by atoms with van der Waals surface area (Å²) in [5.41, 5.74) is 0.946. The summed E-state index contributed by atoms with van der Waals surface area (Å²) in [5, 5.41) is 22.7. The summed E-state index contributed by atoms with van der Waals surface area (Å²) < 4.78 is 5.28. The Morgan fingerprint density at radius 2 is 1.72 bits per heavy atom. The number of para-hydroxylation sites is 1. The van der Waals surface area contributed by atoms with Gasteiger partial charge in [0.25, 0.3) is 5.91 Å². The zero-order chi connectivity index (χ0) is 29.2. The molecule has 0 radical (unpaired) electrons. The van der Waals surface area contributed by atoms with Crippen LogP contribution in [0.5, 0.6) is 11.5 Å². The fourth-order valence-electron chi connectivity index (χ4n) is 3.93. The van der Waals surface area contributed by atoms with Crippen molar-refractivity contribution in [1.29, 1.82) is 0 Å². The number of nitrogens with one attached hydrogen (secondary N) is 1. The Hall–Kier alpha value is -3.75. The fraction of sp³-hybridized carbons (Fsp3) is 0.500. The largest absolute Gasteiger partial charge is 0.504 e. The predicted octanol–water partition coefficient (Wildman–Crippen LogP) is 5.69. The number of nitrogens with zero attached hydrogens (tertiary/aromatic N) is 2. The number of phenols is 2. The Balaban J connectivity index is 2.24. The van der Waals surface area contributed by atoms with Crippen molar-refractivity contribution in [3.63, 3.8) is 0 Å². The number of carbonyl (C=O) groups excluding carboxylic acids is 3. The number of rotatable bonds is 11. The Labute approximate surface area is 231 Å². The fourth-order valence-corrected chi connectivity index (χ4v) is 3.93. The zero-order valence-electron chi connectivity index (χ0n) is 24.0. The van der Waals surface area contributed by atoms with Gasteiger partial charge >= 0.3 is 12.1 Å². The number of imide groups is 1. The van der Waals surface area contributed by atoms with Crippen molar-refractivity contribution in [2.75, 3.05) is 19.6 Å². The molecule has 214 valence electrons. The number of phenolic OH excluding ortho intramolecular Hbond substituents is 2. The summed E-state index contributed by atoms with van der Waals surface area (Å²) in [6, 6.07) is 11.2. The molecule has 2 aromatic carbocycles. The Morgan fingerprint density at radius 1 is 1.03 bits per heavy atom. The molecule has 9 heteroatoms. The maximum absolute atomic E-state index is 13.8. The maximum atomic E-state index is 13.8. The van der Waals surface area contributed by atoms with Crippen LogP contribution in [0.1, 0.15) is 75.9 Å². The highest BCUT2D eigenvalue weighted by Gasteiger charge is 2.29. The summed E-state index contributed by atoms with van der Waals surface area (Å²) in [6.07, 6.45) is 1.25. The Bertz CT molecular complexity index is 1130. The molecular formula is C30H43N3O6. The first-order valence-electron chi connectivity index (χ1n) is 13.5. The topological polar surface area (TPSA) is 119 Å². The molecule has 39 heavy (non-hydrogen) atoms. The van der Waals surface area contributed by atoms with Crippen molar-refractivity contribution in [2.45, 2.75) is 73.0 Å². The number of urea groups is 1. The SMILES string of the molecule is CCCN(CCc1cccc(O)c1O)C(=O)N(CC(C)CC)C(=O)c1cccc(CNC(=O)OC(C)(C)C)c1. The number of aromatic hydroxyl groups is 2. The van der Waals surface area contributed by atoms with Crippen molar-refractivity contribution in [2.24, 2.45) is 5.92 Å². The van der Waals surface area contributed by atoms with E-state index in [0.717, 1.165) is 6.42 Å². The van der Waals surface area contributed by atoms with Crippen LogP contribution >= 0.6 is 0 Å². The highest BCUT2D eigenvalue weighted by Crippen LogP contribution is 2.28. The summed E-state index contributed by atoms with van der Waals surface area (Å²) in [5.74, 6) is -0.740. The number of amides is 4. The molecule has 2 rings (SSSR count). The van der Waals surface area contributed by atoms with Gasteiger partial charge in [0, 0.05) is 31.7 Å². The van der Waals surface area contributed by atoms with Gasteiger partial charge in [-0.15, -0.1) is 0 Å². The number of hydrogen-bond donors (Lipinski definition) is 3. The van der Waals surface area contributed by atoms with Crippen LogP contribution in [-0.4, -0.2) is 63.3 Å². The first-order valence-corrected chi connectivity index (χ1v) is 13.5. The van der Waals surface area contributed by atoms with Gasteiger partial charge in [-0.3, -0.25) is 9.69 Å². The molecule has 1 atom stereocenters. The smallest absolute Gasteiger partial charge is 0.407 e. The van der Waals surface area contributed by atoms with Gasteiger partial charge in [-0.2, -0.15) is 0 Å². The lowest BCUT2D eigenvalue weighted by Crippen LogP contribution is -2.48. The van der Waals surface area contributed by atoms with E-state index in [1.54, 1.807) is 62.1 Å². The molecule has 4 amide bonds. The van der Waals surface area contributed by atoms with Gasteiger partial charge in [-0.1, -0.05) is 51.5 Å². The van der Waals surface area contributed by atoms with E-state index in [0.29, 0.717) is 36.1 Å². The first kappa shape index (κ1) is 31.5. The zero-order valence-corrected chi connectivity index (χ0v) is 24.0. The monoisotopic (exact) mass is 541 g/mol. The molecule has 2 aromatic rings. The van der Waals surface area contributed by atoms with Crippen LogP contribution in [0.4, 0.5) is 9.59 Å². The molecule has 0 aromatic heterocycles. The normalized spacial score (nSPS) is 11.9. The second-order valence-electron chi connectivity index (χ2n) is 10.8. The highest BCUT2D eigenvalue weighted by atomic mass is 16.6. The van der Waals surface area contributed by atoms with Crippen LogP contribution in [0.3, 0.4) is 0 Å². The van der Waals surface area contributed by atoms with Crippen molar-refractivity contribution in [1.82, 2.24) is 15.1 Å². The highest BCUT2D eigenvalue weighted by molar-refractivity contribution is 6.04. The first-order chi connectivity index (χ1) is 18.4. The lowest BCUT2D eigenvalue weighted by atomic mass is 10.1. The van der Waals surface area contributed by atoms with Gasteiger partial charge in [-0.25, -0.2) is 9.59 Å². The summed E-state index contributed by atoms with van der Waals surface area (Å²) >= 11 is 0. The van der Waals surface area contributed by atoms with Gasteiger partial charge < -0.3 is 25.2 Å². The van der Waals surface area contributed by atoms with E-state index in [2.05, 4.69) is 5.32 Å². The van der Waals surface area contributed by atoms with Crippen LogP contribution in [0, 0.1) is 5.92 Å². The Morgan fingerprint density at radius 3 is 2.36 bits per heavy atom. The molecule has 3 N–H and O–H groups in total. The van der Waals surface area contributed by atoms with Crippen LogP contribution in [0.25, 0.3) is 0 Å². The minimum absolute atomic E-state index is 0.0912. The second kappa shape index (κ2) is 14.4. The van der Waals surface area contributed by atoms with Gasteiger partial charge in [0.15, 0.2) is 11.5 Å². The quantitative estimate of drug-likeness (QED) is 0.315. The van der Waals surface area contributed by atoms with Gasteiger partial charge in [-0.05, 0) is 68.9 Å². The molecule has 0 aliphatic carbocycles. The van der Waals surface area contributed by atoms with E-state index in [-0.39, 0.29) is 37.1 Å². The van der Waals surface area contributed by atoms with Crippen LogP contribution in [0.2, 0.25) is 0 Å². The van der Waals surface area contributed by atoms with Gasteiger partial charge in [0.1, 0.15) is 5.60 Å². The molecule has 0 aliphatic heterocycles. The van der Waals surface area contributed by atoms with Crippen molar-refractivity contribution in [3.8, 4) is 11.5 Å². The predicted molar refractivity (Wildman–Crippen MR) is 151 cm³/mol. The van der Waals surface area contributed by atoms with Crippen LogP contribution in [0.15, 0.2) is 42.5 Å². The van der Waals surface area contributed by atoms with E-state index >= 15 is 0 Å². The molecule has 0 heterocycles. The number of benzene rings is 2. The third kappa shape index (κ3) is 9.81. The van der Waals surface area contributed by atoms with Crippen LogP contribution < -0.4 is 5.32 Å². The molecule has 0 saturated carbocycles. The Kier molecular flexibility index (Phi) is 11.6. The molecular weight excluding hydrogens is 498 g/mol.